The number of hydrogen-bond acceptors (Lipinski definition) is 5. The van der Waals surface area contributed by atoms with Crippen molar-refractivity contribution in [3.63, 3.8) is 0 Å². The fraction of sp³-hybridized carbons (Fsp3) is 0.615. The number of likely N-dealkylation sites (N-methyl/N-ethyl adjacent to an activating group) is 1. The Balaban J connectivity index is 2.01. The number of aromatic nitrogens is 2. The molecule has 0 aliphatic carbocycles. The molecule has 1 saturated heterocycles. The molecule has 3 rings (SSSR count). The number of benzene rings is 1. The lowest BCUT2D eigenvalue weighted by molar-refractivity contribution is -0.133. The molecule has 7 nitrogen and oxygen atoms in total. The van der Waals surface area contributed by atoms with Crippen molar-refractivity contribution in [3.8, 4) is 5.69 Å². The second-order valence-corrected chi connectivity index (χ2v) is 10.5. The molecule has 1 aliphatic heterocycles. The highest BCUT2D eigenvalue weighted by Gasteiger charge is 2.28. The standard InChI is InChI=1S/C26H40FN5O2/c1-20-23(19-31(11-8-16-34-6)24(33)18-26(2,3)4)25(30-14-12-29(5)13-15-30)32(28-20)22-10-7-9-21(27)17-22/h7,9-10,17H,8,11-16,18-19H2,1-6H3. The van der Waals surface area contributed by atoms with Crippen LogP contribution in [0.1, 0.15) is 44.9 Å². The van der Waals surface area contributed by atoms with Gasteiger partial charge in [-0.3, -0.25) is 4.79 Å². The minimum absolute atomic E-state index is 0.0995. The van der Waals surface area contributed by atoms with Gasteiger partial charge < -0.3 is 19.4 Å². The first-order valence-corrected chi connectivity index (χ1v) is 12.1. The minimum Gasteiger partial charge on any atom is -0.385 e. The summed E-state index contributed by atoms with van der Waals surface area (Å²) in [5, 5.41) is 4.83. The molecule has 1 amide bonds. The van der Waals surface area contributed by atoms with Gasteiger partial charge in [0.2, 0.25) is 5.91 Å². The lowest BCUT2D eigenvalue weighted by atomic mass is 9.91. The van der Waals surface area contributed by atoms with Gasteiger partial charge in [-0.05, 0) is 44.0 Å². The van der Waals surface area contributed by atoms with Crippen LogP contribution in [0, 0.1) is 18.2 Å². The van der Waals surface area contributed by atoms with Crippen molar-refractivity contribution >= 4 is 11.7 Å². The van der Waals surface area contributed by atoms with Gasteiger partial charge in [-0.1, -0.05) is 26.8 Å². The number of hydrogen-bond donors (Lipinski definition) is 0. The van der Waals surface area contributed by atoms with Crippen molar-refractivity contribution < 1.29 is 13.9 Å². The number of nitrogens with zero attached hydrogens (tertiary/aromatic N) is 5. The number of carbonyl (C=O) groups is 1. The molecule has 8 heteroatoms. The minimum atomic E-state index is -0.293. The fourth-order valence-electron chi connectivity index (χ4n) is 4.31. The van der Waals surface area contributed by atoms with Crippen LogP contribution >= 0.6 is 0 Å². The topological polar surface area (TPSA) is 53.8 Å². The second-order valence-electron chi connectivity index (χ2n) is 10.5. The van der Waals surface area contributed by atoms with Crippen LogP contribution in [0.3, 0.4) is 0 Å². The predicted octanol–water partition coefficient (Wildman–Crippen LogP) is 3.87. The molecule has 0 unspecified atom stereocenters. The van der Waals surface area contributed by atoms with Crippen molar-refractivity contribution in [1.29, 1.82) is 0 Å². The predicted molar refractivity (Wildman–Crippen MR) is 134 cm³/mol. The summed E-state index contributed by atoms with van der Waals surface area (Å²) in [4.78, 5) is 19.9. The van der Waals surface area contributed by atoms with Gasteiger partial charge in [0.05, 0.1) is 17.9 Å². The van der Waals surface area contributed by atoms with E-state index in [9.17, 15) is 9.18 Å². The number of methoxy groups -OCH3 is 1. The SMILES string of the molecule is COCCCN(Cc1c(C)nn(-c2cccc(F)c2)c1N1CCN(C)CC1)C(=O)CC(C)(C)C. The zero-order chi connectivity index (χ0) is 24.9. The summed E-state index contributed by atoms with van der Waals surface area (Å²) >= 11 is 0. The summed E-state index contributed by atoms with van der Waals surface area (Å²) in [6.07, 6.45) is 1.24. The summed E-state index contributed by atoms with van der Waals surface area (Å²) in [7, 11) is 3.80. The molecule has 34 heavy (non-hydrogen) atoms. The smallest absolute Gasteiger partial charge is 0.223 e. The van der Waals surface area contributed by atoms with Gasteiger partial charge in [0.1, 0.15) is 11.6 Å². The van der Waals surface area contributed by atoms with Crippen molar-refractivity contribution in [1.82, 2.24) is 19.6 Å². The molecule has 1 aromatic carbocycles. The molecular weight excluding hydrogens is 433 g/mol. The number of rotatable bonds is 9. The van der Waals surface area contributed by atoms with E-state index < -0.39 is 0 Å². The Labute approximate surface area is 203 Å². The Bertz CT molecular complexity index is 961. The summed E-state index contributed by atoms with van der Waals surface area (Å²) < 4.78 is 21.2. The number of halogens is 1. The summed E-state index contributed by atoms with van der Waals surface area (Å²) in [6, 6.07) is 6.54. The van der Waals surface area contributed by atoms with Crippen molar-refractivity contribution in [3.05, 3.63) is 41.3 Å². The quantitative estimate of drug-likeness (QED) is 0.518. The number of aryl methyl sites for hydroxylation is 1. The Morgan fingerprint density at radius 1 is 1.21 bits per heavy atom. The molecule has 0 bridgehead atoms. The van der Waals surface area contributed by atoms with Crippen molar-refractivity contribution in [2.45, 2.75) is 47.1 Å². The number of amides is 1. The summed E-state index contributed by atoms with van der Waals surface area (Å²) in [6.45, 7) is 13.5. The largest absolute Gasteiger partial charge is 0.385 e. The highest BCUT2D eigenvalue weighted by Crippen LogP contribution is 2.31. The third-order valence-electron chi connectivity index (χ3n) is 6.17. The lowest BCUT2D eigenvalue weighted by Crippen LogP contribution is -2.45. The van der Waals surface area contributed by atoms with Crippen LogP contribution in [0.4, 0.5) is 10.2 Å². The Kier molecular flexibility index (Phi) is 8.71. The maximum absolute atomic E-state index is 14.1. The summed E-state index contributed by atoms with van der Waals surface area (Å²) in [5.41, 5.74) is 2.47. The molecule has 188 valence electrons. The molecule has 2 heterocycles. The molecule has 1 fully saturated rings. The normalized spacial score (nSPS) is 15.1. The van der Waals surface area contributed by atoms with Crippen molar-refractivity contribution in [2.24, 2.45) is 5.41 Å². The van der Waals surface area contributed by atoms with E-state index in [0.717, 1.165) is 49.7 Å². The van der Waals surface area contributed by atoms with E-state index in [-0.39, 0.29) is 17.1 Å². The van der Waals surface area contributed by atoms with Crippen LogP contribution in [0.2, 0.25) is 0 Å². The van der Waals surface area contributed by atoms with Crippen LogP contribution in [-0.2, 0) is 16.1 Å². The Morgan fingerprint density at radius 2 is 1.91 bits per heavy atom. The molecule has 0 radical (unpaired) electrons. The molecule has 1 aliphatic rings. The first-order valence-electron chi connectivity index (χ1n) is 12.1. The Hall–Kier alpha value is -2.45. The van der Waals surface area contributed by atoms with Gasteiger partial charge in [0, 0.05) is 58.4 Å². The van der Waals surface area contributed by atoms with E-state index in [4.69, 9.17) is 9.84 Å². The zero-order valence-corrected chi connectivity index (χ0v) is 21.6. The van der Waals surface area contributed by atoms with Crippen LogP contribution in [-0.4, -0.2) is 79.0 Å². The number of ether oxygens (including phenoxy) is 1. The van der Waals surface area contributed by atoms with Gasteiger partial charge in [0.25, 0.3) is 0 Å². The van der Waals surface area contributed by atoms with Crippen molar-refractivity contribution in [2.75, 3.05) is 58.4 Å². The van der Waals surface area contributed by atoms with Gasteiger partial charge in [0.15, 0.2) is 0 Å². The van der Waals surface area contributed by atoms with E-state index in [1.807, 2.05) is 22.6 Å². The summed E-state index contributed by atoms with van der Waals surface area (Å²) in [5.74, 6) is 0.792. The molecule has 0 N–H and O–H groups in total. The lowest BCUT2D eigenvalue weighted by Gasteiger charge is -2.35. The number of carbonyl (C=O) groups excluding carboxylic acids is 1. The highest BCUT2D eigenvalue weighted by molar-refractivity contribution is 5.77. The molecule has 0 spiro atoms. The maximum atomic E-state index is 14.1. The first kappa shape index (κ1) is 26.2. The maximum Gasteiger partial charge on any atom is 0.223 e. The van der Waals surface area contributed by atoms with E-state index in [1.165, 1.54) is 12.1 Å². The Morgan fingerprint density at radius 3 is 2.53 bits per heavy atom. The molecule has 0 saturated carbocycles. The average Bonchev–Trinajstić information content (AvgIpc) is 3.08. The average molecular weight is 474 g/mol. The molecule has 2 aromatic rings. The third-order valence-corrected chi connectivity index (χ3v) is 6.17. The van der Waals surface area contributed by atoms with Gasteiger partial charge >= 0.3 is 0 Å². The van der Waals surface area contributed by atoms with Gasteiger partial charge in [-0.15, -0.1) is 0 Å². The molecule has 0 atom stereocenters. The van der Waals surface area contributed by atoms with Gasteiger partial charge in [-0.25, -0.2) is 9.07 Å². The molecular formula is C26H40FN5O2. The zero-order valence-electron chi connectivity index (χ0n) is 21.6. The van der Waals surface area contributed by atoms with E-state index >= 15 is 0 Å². The third kappa shape index (κ3) is 6.79. The second kappa shape index (κ2) is 11.3. The fourth-order valence-corrected chi connectivity index (χ4v) is 4.31. The van der Waals surface area contributed by atoms with E-state index in [0.29, 0.717) is 31.8 Å². The number of anilines is 1. The van der Waals surface area contributed by atoms with E-state index in [2.05, 4.69) is 37.6 Å². The monoisotopic (exact) mass is 473 g/mol. The van der Waals surface area contributed by atoms with Crippen LogP contribution in [0.25, 0.3) is 5.69 Å². The first-order chi connectivity index (χ1) is 16.1. The van der Waals surface area contributed by atoms with Crippen LogP contribution in [0.5, 0.6) is 0 Å². The molecule has 1 aromatic heterocycles. The van der Waals surface area contributed by atoms with Gasteiger partial charge in [-0.2, -0.15) is 5.10 Å². The van der Waals surface area contributed by atoms with Crippen LogP contribution in [0.15, 0.2) is 24.3 Å². The van der Waals surface area contributed by atoms with Crippen LogP contribution < -0.4 is 4.90 Å². The number of piperazine rings is 1. The highest BCUT2D eigenvalue weighted by atomic mass is 19.1. The van der Waals surface area contributed by atoms with E-state index in [1.54, 1.807) is 13.2 Å².